The maximum absolute atomic E-state index is 12.3. The first-order valence-electron chi connectivity index (χ1n) is 10.4. The predicted molar refractivity (Wildman–Crippen MR) is 126 cm³/mol. The van der Waals surface area contributed by atoms with Crippen molar-refractivity contribution in [1.29, 1.82) is 0 Å². The fourth-order valence-corrected chi connectivity index (χ4v) is 3.51. The first kappa shape index (κ1) is 25.3. The van der Waals surface area contributed by atoms with Gasteiger partial charge in [-0.25, -0.2) is 4.79 Å². The Bertz CT molecular complexity index is 507. The first-order valence-corrected chi connectivity index (χ1v) is 10.4. The maximum Gasteiger partial charge on any atom is 0.410 e. The van der Waals surface area contributed by atoms with E-state index in [9.17, 15) is 4.79 Å². The normalized spacial score (nSPS) is 19.2. The summed E-state index contributed by atoms with van der Waals surface area (Å²) in [6.07, 6.45) is 6.15. The van der Waals surface area contributed by atoms with Crippen LogP contribution in [0.2, 0.25) is 0 Å². The molecular weight excluding hydrogens is 469 g/mol. The second kappa shape index (κ2) is 12.0. The largest absolute Gasteiger partial charge is 0.444 e. The molecule has 0 aromatic heterocycles. The number of guanidine groups is 1. The van der Waals surface area contributed by atoms with Crippen LogP contribution in [0.3, 0.4) is 0 Å². The molecule has 0 aliphatic carbocycles. The van der Waals surface area contributed by atoms with Gasteiger partial charge in [0.25, 0.3) is 0 Å². The van der Waals surface area contributed by atoms with E-state index in [1.54, 1.807) is 0 Å². The molecule has 28 heavy (non-hydrogen) atoms. The van der Waals surface area contributed by atoms with Gasteiger partial charge in [-0.05, 0) is 54.3 Å². The Labute approximate surface area is 188 Å². The van der Waals surface area contributed by atoms with Gasteiger partial charge in [0.1, 0.15) is 5.60 Å². The number of hydrogen-bond donors (Lipinski definition) is 1. The summed E-state index contributed by atoms with van der Waals surface area (Å²) in [7, 11) is 4.26. The summed E-state index contributed by atoms with van der Waals surface area (Å²) in [6, 6.07) is 0.278. The van der Waals surface area contributed by atoms with Crippen LogP contribution in [0.5, 0.6) is 0 Å². The van der Waals surface area contributed by atoms with Crippen molar-refractivity contribution >= 4 is 36.0 Å². The Morgan fingerprint density at radius 1 is 1.18 bits per heavy atom. The lowest BCUT2D eigenvalue weighted by atomic mass is 10.1. The molecule has 1 saturated heterocycles. The van der Waals surface area contributed by atoms with Crippen LogP contribution < -0.4 is 5.32 Å². The van der Waals surface area contributed by atoms with Gasteiger partial charge in [-0.1, -0.05) is 19.3 Å². The molecular formula is C20H40IN5O2. The van der Waals surface area contributed by atoms with Crippen LogP contribution in [0.1, 0.15) is 52.9 Å². The highest BCUT2D eigenvalue weighted by Crippen LogP contribution is 2.18. The van der Waals surface area contributed by atoms with Gasteiger partial charge >= 0.3 is 6.09 Å². The van der Waals surface area contributed by atoms with E-state index in [0.717, 1.165) is 25.6 Å². The van der Waals surface area contributed by atoms with Crippen molar-refractivity contribution in [2.24, 2.45) is 4.99 Å². The zero-order valence-electron chi connectivity index (χ0n) is 18.4. The molecule has 7 nitrogen and oxygen atoms in total. The van der Waals surface area contributed by atoms with Crippen molar-refractivity contribution in [3.63, 3.8) is 0 Å². The number of aliphatic imine (C=N–C) groups is 1. The maximum atomic E-state index is 12.3. The van der Waals surface area contributed by atoms with Gasteiger partial charge in [-0.2, -0.15) is 0 Å². The highest BCUT2D eigenvalue weighted by atomic mass is 127. The van der Waals surface area contributed by atoms with Crippen molar-refractivity contribution in [1.82, 2.24) is 20.0 Å². The molecule has 1 N–H and O–H groups in total. The van der Waals surface area contributed by atoms with Crippen molar-refractivity contribution < 1.29 is 9.53 Å². The molecule has 0 saturated carbocycles. The third-order valence-electron chi connectivity index (χ3n) is 4.92. The molecule has 1 fully saturated rings. The third kappa shape index (κ3) is 8.71. The summed E-state index contributed by atoms with van der Waals surface area (Å²) in [5.74, 6) is 1.01. The average Bonchev–Trinajstić information content (AvgIpc) is 2.97. The minimum Gasteiger partial charge on any atom is -0.444 e. The number of ether oxygens (including phenoxy) is 1. The summed E-state index contributed by atoms with van der Waals surface area (Å²) in [4.78, 5) is 23.3. The number of carbonyl (C=O) groups excluding carboxylic acids is 1. The van der Waals surface area contributed by atoms with Gasteiger partial charge in [0, 0.05) is 26.2 Å². The van der Waals surface area contributed by atoms with Crippen molar-refractivity contribution in [2.45, 2.75) is 64.5 Å². The van der Waals surface area contributed by atoms with Gasteiger partial charge in [0.15, 0.2) is 5.96 Å². The molecule has 1 atom stereocenters. The summed E-state index contributed by atoms with van der Waals surface area (Å²) in [6.45, 7) is 10.8. The van der Waals surface area contributed by atoms with Crippen molar-refractivity contribution in [3.05, 3.63) is 0 Å². The fraction of sp³-hybridized carbons (Fsp3) is 0.900. The number of nitrogens with one attached hydrogen (secondary N) is 1. The molecule has 0 spiro atoms. The van der Waals surface area contributed by atoms with Gasteiger partial charge in [-0.3, -0.25) is 4.99 Å². The Hall–Kier alpha value is -0.770. The molecule has 0 radical (unpaired) electrons. The topological polar surface area (TPSA) is 60.4 Å². The fourth-order valence-electron chi connectivity index (χ4n) is 3.51. The van der Waals surface area contributed by atoms with Gasteiger partial charge < -0.3 is 24.8 Å². The number of amides is 1. The lowest BCUT2D eigenvalue weighted by Crippen LogP contribution is -2.57. The van der Waals surface area contributed by atoms with Crippen LogP contribution in [0.25, 0.3) is 0 Å². The highest BCUT2D eigenvalue weighted by Gasteiger charge is 2.36. The summed E-state index contributed by atoms with van der Waals surface area (Å²) >= 11 is 0. The Morgan fingerprint density at radius 2 is 1.86 bits per heavy atom. The molecule has 2 rings (SSSR count). The second-order valence-electron chi connectivity index (χ2n) is 8.94. The summed E-state index contributed by atoms with van der Waals surface area (Å²) in [5, 5.41) is 3.51. The molecule has 1 unspecified atom stereocenters. The van der Waals surface area contributed by atoms with Crippen LogP contribution in [0.15, 0.2) is 4.99 Å². The molecule has 2 aliphatic heterocycles. The Balaban J connectivity index is 0.00000392. The second-order valence-corrected chi connectivity index (χ2v) is 8.94. The number of piperazine rings is 1. The smallest absolute Gasteiger partial charge is 0.410 e. The van der Waals surface area contributed by atoms with E-state index in [2.05, 4.69) is 34.2 Å². The number of unbranched alkanes of at least 4 members (excludes halogenated alkanes) is 4. The van der Waals surface area contributed by atoms with Gasteiger partial charge in [0.2, 0.25) is 0 Å². The Morgan fingerprint density at radius 3 is 2.54 bits per heavy atom. The zero-order chi connectivity index (χ0) is 19.9. The van der Waals surface area contributed by atoms with Crippen molar-refractivity contribution in [2.75, 3.05) is 53.4 Å². The summed E-state index contributed by atoms with van der Waals surface area (Å²) < 4.78 is 5.50. The van der Waals surface area contributed by atoms with E-state index in [-0.39, 0.29) is 36.1 Å². The zero-order valence-corrected chi connectivity index (χ0v) is 20.7. The lowest BCUT2D eigenvalue weighted by Gasteiger charge is -2.39. The van der Waals surface area contributed by atoms with Crippen LogP contribution in [-0.4, -0.2) is 91.8 Å². The highest BCUT2D eigenvalue weighted by molar-refractivity contribution is 14.0. The minimum atomic E-state index is -0.445. The van der Waals surface area contributed by atoms with E-state index in [0.29, 0.717) is 13.1 Å². The number of rotatable bonds is 8. The van der Waals surface area contributed by atoms with Crippen LogP contribution in [-0.2, 0) is 4.74 Å². The van der Waals surface area contributed by atoms with Crippen LogP contribution in [0.4, 0.5) is 4.79 Å². The summed E-state index contributed by atoms with van der Waals surface area (Å²) in [5.41, 5.74) is -0.445. The molecule has 8 heteroatoms. The van der Waals surface area contributed by atoms with Gasteiger partial charge in [-0.15, -0.1) is 24.0 Å². The van der Waals surface area contributed by atoms with Crippen molar-refractivity contribution in [3.8, 4) is 0 Å². The predicted octanol–water partition coefficient (Wildman–Crippen LogP) is 3.00. The minimum absolute atomic E-state index is 0. The number of hydrogen-bond acceptors (Lipinski definition) is 6. The van der Waals surface area contributed by atoms with E-state index in [1.807, 2.05) is 25.7 Å². The molecule has 1 amide bonds. The molecule has 164 valence electrons. The average molecular weight is 509 g/mol. The van der Waals surface area contributed by atoms with E-state index < -0.39 is 5.60 Å². The monoisotopic (exact) mass is 509 g/mol. The van der Waals surface area contributed by atoms with Gasteiger partial charge in [0.05, 0.1) is 12.6 Å². The van der Waals surface area contributed by atoms with E-state index in [4.69, 9.17) is 4.74 Å². The number of nitrogens with zero attached hydrogens (tertiary/aromatic N) is 4. The van der Waals surface area contributed by atoms with Crippen LogP contribution >= 0.6 is 24.0 Å². The van der Waals surface area contributed by atoms with Crippen LogP contribution in [0, 0.1) is 0 Å². The SMILES string of the molecule is CN(C)CCCCCCCNC1=NCC2CN(C(=O)OC(C)(C)C)CCN12.I. The molecule has 2 aliphatic rings. The molecule has 0 aromatic rings. The third-order valence-corrected chi connectivity index (χ3v) is 4.92. The van der Waals surface area contributed by atoms with E-state index in [1.165, 1.54) is 38.6 Å². The standard InChI is InChI=1S/C20H39N5O2.HI/c1-20(2,3)27-19(26)24-13-14-25-17(16-24)15-22-18(25)21-11-9-7-6-8-10-12-23(4)5;/h17H,6-16H2,1-5H3,(H,21,22);1H. The lowest BCUT2D eigenvalue weighted by molar-refractivity contribution is 0.0137. The van der Waals surface area contributed by atoms with E-state index >= 15 is 0 Å². The molecule has 0 aromatic carbocycles. The number of carbonyl (C=O) groups is 1. The quantitative estimate of drug-likeness (QED) is 0.403. The number of fused-ring (bicyclic) bond motifs is 1. The molecule has 0 bridgehead atoms. The Kier molecular flexibility index (Phi) is 10.9. The first-order chi connectivity index (χ1) is 12.8. The molecule has 2 heterocycles. The number of halogens is 1.